The van der Waals surface area contributed by atoms with Crippen molar-refractivity contribution >= 4 is 6.09 Å². The Kier molecular flexibility index (Phi) is 4.09. The van der Waals surface area contributed by atoms with Crippen molar-refractivity contribution < 1.29 is 9.53 Å². The zero-order valence-corrected chi connectivity index (χ0v) is 11.7. The fraction of sp³-hybridized carbons (Fsp3) is 0.312. The van der Waals surface area contributed by atoms with E-state index < -0.39 is 0 Å². The zero-order chi connectivity index (χ0) is 14.5. The summed E-state index contributed by atoms with van der Waals surface area (Å²) < 4.78 is 5.40. The molecule has 2 aromatic rings. The number of carbonyl (C=O) groups excluding carboxylic acids is 1. The fourth-order valence-electron chi connectivity index (χ4n) is 2.59. The summed E-state index contributed by atoms with van der Waals surface area (Å²) in [6.45, 7) is 0.998. The lowest BCUT2D eigenvalue weighted by Gasteiger charge is -2.23. The molecule has 0 saturated carbocycles. The van der Waals surface area contributed by atoms with Gasteiger partial charge in [0.15, 0.2) is 0 Å². The Hall–Kier alpha value is -2.43. The third-order valence-electron chi connectivity index (χ3n) is 3.63. The molecule has 1 saturated heterocycles. The molecule has 21 heavy (non-hydrogen) atoms. The van der Waals surface area contributed by atoms with Crippen molar-refractivity contribution in [3.8, 4) is 0 Å². The number of aromatic nitrogens is 2. The molecule has 1 fully saturated rings. The highest BCUT2D eigenvalue weighted by Crippen LogP contribution is 2.30. The average molecular weight is 283 g/mol. The molecule has 0 unspecified atom stereocenters. The van der Waals surface area contributed by atoms with Gasteiger partial charge in [-0.15, -0.1) is 0 Å². The normalized spacial score (nSPS) is 17.7. The van der Waals surface area contributed by atoms with Gasteiger partial charge >= 0.3 is 6.09 Å². The topological polar surface area (TPSA) is 55.3 Å². The Labute approximate surface area is 123 Å². The molecule has 108 valence electrons. The van der Waals surface area contributed by atoms with Crippen LogP contribution in [-0.4, -0.2) is 27.7 Å². The van der Waals surface area contributed by atoms with Crippen molar-refractivity contribution in [2.75, 3.05) is 6.54 Å². The smallest absolute Gasteiger partial charge is 0.410 e. The molecule has 3 rings (SSSR count). The van der Waals surface area contributed by atoms with Gasteiger partial charge in [-0.25, -0.2) is 4.79 Å². The van der Waals surface area contributed by atoms with Crippen LogP contribution in [0.15, 0.2) is 48.7 Å². The van der Waals surface area contributed by atoms with Crippen molar-refractivity contribution in [2.45, 2.75) is 25.5 Å². The molecular weight excluding hydrogens is 266 g/mol. The summed E-state index contributed by atoms with van der Waals surface area (Å²) in [6, 6.07) is 13.4. The summed E-state index contributed by atoms with van der Waals surface area (Å²) in [5.41, 5.74) is 1.81. The van der Waals surface area contributed by atoms with Crippen LogP contribution in [-0.2, 0) is 11.3 Å². The molecule has 1 aliphatic heterocycles. The van der Waals surface area contributed by atoms with Gasteiger partial charge in [0.05, 0.1) is 11.7 Å². The summed E-state index contributed by atoms with van der Waals surface area (Å²) in [5, 5.41) is 8.00. The first-order chi connectivity index (χ1) is 10.3. The lowest BCUT2D eigenvalue weighted by atomic mass is 10.1. The molecule has 1 aromatic carbocycles. The molecule has 1 aromatic heterocycles. The van der Waals surface area contributed by atoms with Gasteiger partial charge in [-0.2, -0.15) is 10.2 Å². The maximum absolute atomic E-state index is 12.3. The van der Waals surface area contributed by atoms with Crippen LogP contribution in [0.4, 0.5) is 4.79 Å². The fourth-order valence-corrected chi connectivity index (χ4v) is 2.59. The van der Waals surface area contributed by atoms with Gasteiger partial charge in [0, 0.05) is 12.7 Å². The molecule has 0 bridgehead atoms. The summed E-state index contributed by atoms with van der Waals surface area (Å²) in [5.74, 6) is 0. The van der Waals surface area contributed by atoms with E-state index in [-0.39, 0.29) is 12.1 Å². The molecule has 0 N–H and O–H groups in total. The highest BCUT2D eigenvalue weighted by atomic mass is 16.6. The van der Waals surface area contributed by atoms with Crippen LogP contribution in [0, 0.1) is 0 Å². The van der Waals surface area contributed by atoms with Gasteiger partial charge in [0.25, 0.3) is 0 Å². The summed E-state index contributed by atoms with van der Waals surface area (Å²) in [4.78, 5) is 14.0. The van der Waals surface area contributed by atoms with Crippen molar-refractivity contribution in [3.05, 3.63) is 59.9 Å². The quantitative estimate of drug-likeness (QED) is 0.869. The van der Waals surface area contributed by atoms with Gasteiger partial charge in [-0.05, 0) is 30.5 Å². The van der Waals surface area contributed by atoms with Gasteiger partial charge in [0.1, 0.15) is 6.61 Å². The molecule has 0 radical (unpaired) electrons. The molecule has 0 spiro atoms. The monoisotopic (exact) mass is 283 g/mol. The number of likely N-dealkylation sites (tertiary alicyclic amines) is 1. The Morgan fingerprint density at radius 1 is 1.24 bits per heavy atom. The third-order valence-corrected chi connectivity index (χ3v) is 3.63. The number of ether oxygens (including phenoxy) is 1. The number of rotatable bonds is 3. The largest absolute Gasteiger partial charge is 0.445 e. The maximum Gasteiger partial charge on any atom is 0.410 e. The Morgan fingerprint density at radius 2 is 2.10 bits per heavy atom. The van der Waals surface area contributed by atoms with Gasteiger partial charge in [-0.1, -0.05) is 30.3 Å². The van der Waals surface area contributed by atoms with Crippen LogP contribution >= 0.6 is 0 Å². The zero-order valence-electron chi connectivity index (χ0n) is 11.7. The van der Waals surface area contributed by atoms with E-state index in [9.17, 15) is 4.79 Å². The van der Waals surface area contributed by atoms with Crippen molar-refractivity contribution in [1.29, 1.82) is 0 Å². The summed E-state index contributed by atoms with van der Waals surface area (Å²) >= 11 is 0. The Bertz CT molecular complexity index is 589. The van der Waals surface area contributed by atoms with E-state index in [4.69, 9.17) is 4.74 Å². The Balaban J connectivity index is 1.64. The van der Waals surface area contributed by atoms with Crippen molar-refractivity contribution in [1.82, 2.24) is 15.1 Å². The summed E-state index contributed by atoms with van der Waals surface area (Å²) in [6.07, 6.45) is 3.21. The molecule has 1 aliphatic rings. The highest BCUT2D eigenvalue weighted by Gasteiger charge is 2.32. The van der Waals surface area contributed by atoms with Gasteiger partial charge in [0.2, 0.25) is 0 Å². The van der Waals surface area contributed by atoms with Crippen LogP contribution in [0.3, 0.4) is 0 Å². The molecule has 5 heteroatoms. The van der Waals surface area contributed by atoms with Gasteiger partial charge < -0.3 is 4.74 Å². The van der Waals surface area contributed by atoms with Crippen molar-refractivity contribution in [3.63, 3.8) is 0 Å². The standard InChI is InChI=1S/C16H17N3O2/c20-16(21-12-13-6-2-1-3-7-13)19-11-5-9-15(19)14-8-4-10-17-18-14/h1-4,6-8,10,15H,5,9,11-12H2/t15-/m0/s1. The minimum absolute atomic E-state index is 0.0260. The number of hydrogen-bond donors (Lipinski definition) is 0. The lowest BCUT2D eigenvalue weighted by Crippen LogP contribution is -2.31. The van der Waals surface area contributed by atoms with E-state index in [0.29, 0.717) is 13.2 Å². The second kappa shape index (κ2) is 6.35. The van der Waals surface area contributed by atoms with E-state index in [1.807, 2.05) is 42.5 Å². The number of hydrogen-bond acceptors (Lipinski definition) is 4. The van der Waals surface area contributed by atoms with Crippen LogP contribution in [0.1, 0.15) is 30.1 Å². The van der Waals surface area contributed by atoms with E-state index in [1.165, 1.54) is 0 Å². The lowest BCUT2D eigenvalue weighted by molar-refractivity contribution is 0.0914. The van der Waals surface area contributed by atoms with Crippen molar-refractivity contribution in [2.24, 2.45) is 0 Å². The first-order valence-electron chi connectivity index (χ1n) is 7.09. The van der Waals surface area contributed by atoms with Crippen LogP contribution in [0.5, 0.6) is 0 Å². The molecule has 1 amide bonds. The number of nitrogens with zero attached hydrogens (tertiary/aromatic N) is 3. The second-order valence-electron chi connectivity index (χ2n) is 5.04. The van der Waals surface area contributed by atoms with E-state index in [1.54, 1.807) is 11.1 Å². The minimum atomic E-state index is -0.285. The maximum atomic E-state index is 12.3. The van der Waals surface area contributed by atoms with E-state index in [2.05, 4.69) is 10.2 Å². The van der Waals surface area contributed by atoms with Crippen LogP contribution in [0.25, 0.3) is 0 Å². The first-order valence-corrected chi connectivity index (χ1v) is 7.09. The molecule has 0 aliphatic carbocycles. The highest BCUT2D eigenvalue weighted by molar-refractivity contribution is 5.68. The molecule has 5 nitrogen and oxygen atoms in total. The van der Waals surface area contributed by atoms with E-state index >= 15 is 0 Å². The SMILES string of the molecule is O=C(OCc1ccccc1)N1CCC[C@H]1c1cccnn1. The minimum Gasteiger partial charge on any atom is -0.445 e. The summed E-state index contributed by atoms with van der Waals surface area (Å²) in [7, 11) is 0. The van der Waals surface area contributed by atoms with Crippen LogP contribution in [0.2, 0.25) is 0 Å². The predicted molar refractivity (Wildman–Crippen MR) is 77.3 cm³/mol. The average Bonchev–Trinajstić information content (AvgIpc) is 3.04. The predicted octanol–water partition coefficient (Wildman–Crippen LogP) is 2.95. The number of benzene rings is 1. The molecule has 1 atom stereocenters. The van der Waals surface area contributed by atoms with E-state index in [0.717, 1.165) is 24.1 Å². The first kappa shape index (κ1) is 13.5. The Morgan fingerprint density at radius 3 is 2.86 bits per heavy atom. The molecule has 2 heterocycles. The van der Waals surface area contributed by atoms with Crippen LogP contribution < -0.4 is 0 Å². The van der Waals surface area contributed by atoms with Gasteiger partial charge in [-0.3, -0.25) is 4.90 Å². The molecular formula is C16H17N3O2. The number of amides is 1. The third kappa shape index (κ3) is 3.18. The number of carbonyl (C=O) groups is 1. The second-order valence-corrected chi connectivity index (χ2v) is 5.04.